The molecular formula is C14H14ClNO2. The summed E-state index contributed by atoms with van der Waals surface area (Å²) in [6, 6.07) is 5.26. The number of carbonyl (C=O) groups is 1. The van der Waals surface area contributed by atoms with Crippen LogP contribution in [0.4, 0.5) is 5.69 Å². The Bertz CT molecular complexity index is 512. The highest BCUT2D eigenvalue weighted by atomic mass is 35.5. The minimum absolute atomic E-state index is 0.0253. The van der Waals surface area contributed by atoms with Crippen LogP contribution in [0.3, 0.4) is 0 Å². The molecule has 0 unspecified atom stereocenters. The van der Waals surface area contributed by atoms with Crippen molar-refractivity contribution in [1.29, 1.82) is 0 Å². The van der Waals surface area contributed by atoms with Gasteiger partial charge in [-0.3, -0.25) is 4.79 Å². The summed E-state index contributed by atoms with van der Waals surface area (Å²) in [6.07, 6.45) is 2.35. The number of amides is 1. The van der Waals surface area contributed by atoms with E-state index in [-0.39, 0.29) is 18.4 Å². The molecule has 4 heteroatoms. The van der Waals surface area contributed by atoms with Crippen LogP contribution in [0.1, 0.15) is 24.8 Å². The smallest absolute Gasteiger partial charge is 0.227 e. The molecule has 1 aromatic rings. The summed E-state index contributed by atoms with van der Waals surface area (Å²) in [5, 5.41) is 12.0. The van der Waals surface area contributed by atoms with Gasteiger partial charge in [-0.25, -0.2) is 0 Å². The lowest BCUT2D eigenvalue weighted by Gasteiger charge is -2.06. The fourth-order valence-corrected chi connectivity index (χ4v) is 1.66. The second-order valence-electron chi connectivity index (χ2n) is 4.23. The van der Waals surface area contributed by atoms with Gasteiger partial charge in [0.2, 0.25) is 5.91 Å². The van der Waals surface area contributed by atoms with Gasteiger partial charge in [0.15, 0.2) is 0 Å². The number of anilines is 1. The third-order valence-corrected chi connectivity index (χ3v) is 2.97. The Labute approximate surface area is 111 Å². The lowest BCUT2D eigenvalue weighted by Crippen LogP contribution is -2.13. The molecule has 2 rings (SSSR count). The van der Waals surface area contributed by atoms with Gasteiger partial charge in [-0.2, -0.15) is 0 Å². The van der Waals surface area contributed by atoms with Gasteiger partial charge in [0.25, 0.3) is 0 Å². The average molecular weight is 264 g/mol. The maximum absolute atomic E-state index is 11.7. The summed E-state index contributed by atoms with van der Waals surface area (Å²) in [5.41, 5.74) is 1.38. The van der Waals surface area contributed by atoms with Crippen LogP contribution in [0, 0.1) is 17.8 Å². The van der Waals surface area contributed by atoms with Gasteiger partial charge in [-0.05, 0) is 31.0 Å². The summed E-state index contributed by atoms with van der Waals surface area (Å²) in [5.74, 6) is 5.91. The number of aliphatic hydroxyl groups is 1. The van der Waals surface area contributed by atoms with Gasteiger partial charge < -0.3 is 10.4 Å². The number of aliphatic hydroxyl groups excluding tert-OH is 1. The number of rotatable bonds is 3. The first-order valence-corrected chi connectivity index (χ1v) is 6.28. The topological polar surface area (TPSA) is 49.3 Å². The molecule has 18 heavy (non-hydrogen) atoms. The highest BCUT2D eigenvalue weighted by Crippen LogP contribution is 2.31. The average Bonchev–Trinajstić information content (AvgIpc) is 3.17. The largest absolute Gasteiger partial charge is 0.395 e. The Balaban J connectivity index is 2.11. The Kier molecular flexibility index (Phi) is 4.24. The summed E-state index contributed by atoms with van der Waals surface area (Å²) in [4.78, 5) is 11.7. The van der Waals surface area contributed by atoms with E-state index in [2.05, 4.69) is 17.2 Å². The van der Waals surface area contributed by atoms with E-state index in [1.165, 1.54) is 0 Å². The van der Waals surface area contributed by atoms with Crippen molar-refractivity contribution in [3.8, 4) is 11.8 Å². The zero-order chi connectivity index (χ0) is 13.0. The van der Waals surface area contributed by atoms with E-state index in [0.29, 0.717) is 17.1 Å². The first kappa shape index (κ1) is 12.9. The van der Waals surface area contributed by atoms with Crippen LogP contribution in [0.15, 0.2) is 18.2 Å². The van der Waals surface area contributed by atoms with Crippen molar-refractivity contribution in [2.75, 3.05) is 11.9 Å². The quantitative estimate of drug-likeness (QED) is 0.823. The first-order valence-electron chi connectivity index (χ1n) is 5.91. The molecule has 1 amide bonds. The molecule has 0 spiro atoms. The van der Waals surface area contributed by atoms with Crippen molar-refractivity contribution in [2.45, 2.75) is 19.3 Å². The number of halogens is 1. The number of carbonyl (C=O) groups excluding carboxylic acids is 1. The lowest BCUT2D eigenvalue weighted by atomic mass is 10.2. The van der Waals surface area contributed by atoms with Crippen molar-refractivity contribution >= 4 is 23.2 Å². The molecule has 1 aliphatic carbocycles. The molecule has 0 bridgehead atoms. The van der Waals surface area contributed by atoms with Crippen LogP contribution in [-0.4, -0.2) is 17.6 Å². The standard InChI is InChI=1S/C14H14ClNO2/c15-12-7-4-10(3-1-2-8-17)9-13(12)16-14(18)11-5-6-11/h4,7,9,11,17H,2,5-6,8H2,(H,16,18). The van der Waals surface area contributed by atoms with Gasteiger partial charge in [0.05, 0.1) is 17.3 Å². The van der Waals surface area contributed by atoms with Gasteiger partial charge in [0, 0.05) is 17.9 Å². The Hall–Kier alpha value is -1.50. The maximum atomic E-state index is 11.7. The van der Waals surface area contributed by atoms with Gasteiger partial charge >= 0.3 is 0 Å². The van der Waals surface area contributed by atoms with Gasteiger partial charge in [-0.1, -0.05) is 23.4 Å². The van der Waals surface area contributed by atoms with Crippen LogP contribution >= 0.6 is 11.6 Å². The molecule has 1 saturated carbocycles. The first-order chi connectivity index (χ1) is 8.70. The van der Waals surface area contributed by atoms with Crippen LogP contribution in [0.25, 0.3) is 0 Å². The minimum atomic E-state index is 0.0253. The molecule has 0 aromatic heterocycles. The third kappa shape index (κ3) is 3.49. The summed E-state index contributed by atoms with van der Waals surface area (Å²) in [7, 11) is 0. The molecule has 3 nitrogen and oxygen atoms in total. The molecule has 0 heterocycles. The molecule has 1 aliphatic rings. The number of benzene rings is 1. The van der Waals surface area contributed by atoms with Crippen molar-refractivity contribution in [3.63, 3.8) is 0 Å². The van der Waals surface area contributed by atoms with E-state index >= 15 is 0 Å². The number of nitrogens with one attached hydrogen (secondary N) is 1. The molecule has 0 aliphatic heterocycles. The van der Waals surface area contributed by atoms with E-state index in [1.54, 1.807) is 18.2 Å². The highest BCUT2D eigenvalue weighted by Gasteiger charge is 2.29. The molecule has 0 radical (unpaired) electrons. The fourth-order valence-electron chi connectivity index (χ4n) is 1.50. The minimum Gasteiger partial charge on any atom is -0.395 e. The Morgan fingerprint density at radius 1 is 1.50 bits per heavy atom. The van der Waals surface area contributed by atoms with E-state index in [0.717, 1.165) is 18.4 Å². The normalized spacial score (nSPS) is 13.7. The van der Waals surface area contributed by atoms with E-state index in [1.807, 2.05) is 0 Å². The highest BCUT2D eigenvalue weighted by molar-refractivity contribution is 6.33. The van der Waals surface area contributed by atoms with Crippen molar-refractivity contribution in [2.24, 2.45) is 5.92 Å². The summed E-state index contributed by atoms with van der Waals surface area (Å²) < 4.78 is 0. The van der Waals surface area contributed by atoms with Crippen LogP contribution in [0.5, 0.6) is 0 Å². The van der Waals surface area contributed by atoms with Crippen molar-refractivity contribution in [3.05, 3.63) is 28.8 Å². The fraction of sp³-hybridized carbons (Fsp3) is 0.357. The summed E-state index contributed by atoms with van der Waals surface area (Å²) in [6.45, 7) is 0.0475. The second kappa shape index (κ2) is 5.90. The van der Waals surface area contributed by atoms with Crippen molar-refractivity contribution in [1.82, 2.24) is 0 Å². The van der Waals surface area contributed by atoms with Gasteiger partial charge in [0.1, 0.15) is 0 Å². The van der Waals surface area contributed by atoms with Crippen molar-refractivity contribution < 1.29 is 9.90 Å². The molecular weight excluding hydrogens is 250 g/mol. The maximum Gasteiger partial charge on any atom is 0.227 e. The molecule has 2 N–H and O–H groups in total. The van der Waals surface area contributed by atoms with Crippen LogP contribution < -0.4 is 5.32 Å². The monoisotopic (exact) mass is 263 g/mol. The van der Waals surface area contributed by atoms with Crippen LogP contribution in [0.2, 0.25) is 5.02 Å². The molecule has 1 fully saturated rings. The molecule has 0 saturated heterocycles. The zero-order valence-electron chi connectivity index (χ0n) is 9.87. The number of hydrogen-bond donors (Lipinski definition) is 2. The van der Waals surface area contributed by atoms with E-state index < -0.39 is 0 Å². The third-order valence-electron chi connectivity index (χ3n) is 2.64. The van der Waals surface area contributed by atoms with E-state index in [4.69, 9.17) is 16.7 Å². The predicted molar refractivity (Wildman–Crippen MR) is 71.4 cm³/mol. The second-order valence-corrected chi connectivity index (χ2v) is 4.64. The zero-order valence-corrected chi connectivity index (χ0v) is 10.6. The number of hydrogen-bond acceptors (Lipinski definition) is 2. The van der Waals surface area contributed by atoms with Gasteiger partial charge in [-0.15, -0.1) is 0 Å². The molecule has 94 valence electrons. The molecule has 0 atom stereocenters. The summed E-state index contributed by atoms with van der Waals surface area (Å²) >= 11 is 6.02. The van der Waals surface area contributed by atoms with E-state index in [9.17, 15) is 4.79 Å². The molecule has 1 aromatic carbocycles. The van der Waals surface area contributed by atoms with Crippen LogP contribution in [-0.2, 0) is 4.79 Å². The Morgan fingerprint density at radius 3 is 2.94 bits per heavy atom. The Morgan fingerprint density at radius 2 is 2.28 bits per heavy atom. The SMILES string of the molecule is O=C(Nc1cc(C#CCCO)ccc1Cl)C1CC1. The lowest BCUT2D eigenvalue weighted by molar-refractivity contribution is -0.117. The predicted octanol–water partition coefficient (Wildman–Crippen LogP) is 2.42.